The van der Waals surface area contributed by atoms with Crippen LogP contribution in [0.2, 0.25) is 0 Å². The number of hydrogen-bond donors (Lipinski definition) is 2. The van der Waals surface area contributed by atoms with Gasteiger partial charge in [0.05, 0.1) is 11.3 Å². The Labute approximate surface area is 128 Å². The number of halogens is 5. The number of nitrogens with two attached hydrogens (primary N) is 1. The van der Waals surface area contributed by atoms with E-state index in [2.05, 4.69) is 5.16 Å². The molecule has 134 valence electrons. The van der Waals surface area contributed by atoms with E-state index >= 15 is 0 Å². The second kappa shape index (κ2) is 5.14. The van der Waals surface area contributed by atoms with Gasteiger partial charge < -0.3 is 5.21 Å². The lowest BCUT2D eigenvalue weighted by Crippen LogP contribution is -2.45. The predicted octanol–water partition coefficient (Wildman–Crippen LogP) is 0.777. The summed E-state index contributed by atoms with van der Waals surface area (Å²) in [6.45, 7) is -0.668. The highest BCUT2D eigenvalue weighted by molar-refractivity contribution is 7.86. The summed E-state index contributed by atoms with van der Waals surface area (Å²) in [4.78, 5) is -0.466. The van der Waals surface area contributed by atoms with Gasteiger partial charge in [-0.3, -0.25) is 4.90 Å². The molecule has 23 heavy (non-hydrogen) atoms. The fourth-order valence-corrected chi connectivity index (χ4v) is 3.82. The topological polar surface area (TPSA) is 99.2 Å². The van der Waals surface area contributed by atoms with E-state index < -0.39 is 44.5 Å². The third-order valence-electron chi connectivity index (χ3n) is 4.55. The Kier molecular flexibility index (Phi) is 4.05. The Bertz CT molecular complexity index is 612. The summed E-state index contributed by atoms with van der Waals surface area (Å²) in [7, 11) is -3.57. The van der Waals surface area contributed by atoms with Crippen molar-refractivity contribution in [2.45, 2.75) is 25.1 Å². The lowest BCUT2D eigenvalue weighted by atomic mass is 9.91. The number of rotatable bonds is 2. The van der Waals surface area contributed by atoms with Gasteiger partial charge in [0.25, 0.3) is 16.1 Å². The zero-order valence-electron chi connectivity index (χ0n) is 11.9. The number of piperidine rings is 1. The molecule has 1 aliphatic heterocycles. The summed E-state index contributed by atoms with van der Waals surface area (Å²) in [6.07, 6.45) is -5.75. The molecular weight excluding hydrogens is 351 g/mol. The highest BCUT2D eigenvalue weighted by atomic mass is 32.2. The van der Waals surface area contributed by atoms with Crippen LogP contribution in [0.15, 0.2) is 5.16 Å². The average molecular weight is 366 g/mol. The maximum atomic E-state index is 14.2. The Hall–Kier alpha value is -1.21. The van der Waals surface area contributed by atoms with E-state index in [1.807, 2.05) is 0 Å². The molecule has 13 heteroatoms. The zero-order chi connectivity index (χ0) is 17.8. The Morgan fingerprint density at radius 3 is 2.17 bits per heavy atom. The highest BCUT2D eigenvalue weighted by Gasteiger charge is 2.83. The number of amidine groups is 1. The van der Waals surface area contributed by atoms with E-state index in [1.165, 1.54) is 0 Å². The third kappa shape index (κ3) is 2.74. The summed E-state index contributed by atoms with van der Waals surface area (Å²) in [5, 5.41) is 16.1. The summed E-state index contributed by atoms with van der Waals surface area (Å²) in [5.74, 6) is -6.65. The van der Waals surface area contributed by atoms with Gasteiger partial charge in [0, 0.05) is 20.1 Å². The summed E-state index contributed by atoms with van der Waals surface area (Å²) < 4.78 is 89.5. The SMILES string of the molecule is CN(/C(=N\O)[C@@H]1C(F)(F)C12CCN(S(N)(=O)=O)CC2)C(F)(F)F. The summed E-state index contributed by atoms with van der Waals surface area (Å²) in [5.41, 5.74) is -1.87. The van der Waals surface area contributed by atoms with Gasteiger partial charge in [0.1, 0.15) is 0 Å². The van der Waals surface area contributed by atoms with Gasteiger partial charge in [-0.05, 0) is 12.8 Å². The largest absolute Gasteiger partial charge is 0.485 e. The first-order chi connectivity index (χ1) is 10.3. The van der Waals surface area contributed by atoms with Crippen LogP contribution in [0.5, 0.6) is 0 Å². The van der Waals surface area contributed by atoms with Crippen molar-refractivity contribution in [1.29, 1.82) is 0 Å². The molecule has 0 bridgehead atoms. The fourth-order valence-electron chi connectivity index (χ4n) is 3.13. The minimum Gasteiger partial charge on any atom is -0.409 e. The molecule has 2 aliphatic rings. The van der Waals surface area contributed by atoms with Crippen LogP contribution >= 0.6 is 0 Å². The highest BCUT2D eigenvalue weighted by Crippen LogP contribution is 2.71. The molecule has 2 rings (SSSR count). The Balaban J connectivity index is 2.23. The molecule has 1 atom stereocenters. The normalized spacial score (nSPS) is 28.0. The first kappa shape index (κ1) is 18.1. The first-order valence-corrected chi connectivity index (χ1v) is 7.97. The van der Waals surface area contributed by atoms with Crippen molar-refractivity contribution >= 4 is 16.0 Å². The molecule has 0 aromatic rings. The van der Waals surface area contributed by atoms with Crippen LogP contribution in [0.4, 0.5) is 22.0 Å². The lowest BCUT2D eigenvalue weighted by molar-refractivity contribution is -0.211. The zero-order valence-corrected chi connectivity index (χ0v) is 12.7. The molecule has 1 spiro atoms. The number of oxime groups is 1. The molecule has 3 N–H and O–H groups in total. The van der Waals surface area contributed by atoms with Gasteiger partial charge in [-0.15, -0.1) is 0 Å². The van der Waals surface area contributed by atoms with E-state index in [4.69, 9.17) is 10.3 Å². The van der Waals surface area contributed by atoms with Crippen molar-refractivity contribution in [2.24, 2.45) is 21.6 Å². The fraction of sp³-hybridized carbons (Fsp3) is 0.900. The van der Waals surface area contributed by atoms with Crippen LogP contribution in [0.25, 0.3) is 0 Å². The molecule has 2 fully saturated rings. The van der Waals surface area contributed by atoms with E-state index in [0.717, 1.165) is 4.31 Å². The molecule has 1 saturated heterocycles. The maximum Gasteiger partial charge on any atom is 0.485 e. The van der Waals surface area contributed by atoms with Crippen LogP contribution in [0, 0.1) is 11.3 Å². The quantitative estimate of drug-likeness (QED) is 0.188. The van der Waals surface area contributed by atoms with Crippen molar-refractivity contribution in [3.8, 4) is 0 Å². The molecule has 0 radical (unpaired) electrons. The monoisotopic (exact) mass is 366 g/mol. The van der Waals surface area contributed by atoms with Gasteiger partial charge in [0.15, 0.2) is 5.84 Å². The molecule has 1 heterocycles. The second-order valence-corrected chi connectivity index (χ2v) is 7.19. The van der Waals surface area contributed by atoms with Gasteiger partial charge >= 0.3 is 6.30 Å². The van der Waals surface area contributed by atoms with Gasteiger partial charge in [0.2, 0.25) is 0 Å². The van der Waals surface area contributed by atoms with Gasteiger partial charge in [-0.25, -0.2) is 13.9 Å². The molecule has 0 unspecified atom stereocenters. The average Bonchev–Trinajstić information content (AvgIpc) is 2.85. The minimum atomic E-state index is -4.98. The lowest BCUT2D eigenvalue weighted by Gasteiger charge is -2.31. The second-order valence-electron chi connectivity index (χ2n) is 5.64. The van der Waals surface area contributed by atoms with Crippen LogP contribution < -0.4 is 5.14 Å². The first-order valence-electron chi connectivity index (χ1n) is 6.47. The van der Waals surface area contributed by atoms with E-state index in [1.54, 1.807) is 0 Å². The molecule has 0 aromatic carbocycles. The molecule has 0 aromatic heterocycles. The third-order valence-corrected chi connectivity index (χ3v) is 5.64. The Morgan fingerprint density at radius 2 is 1.83 bits per heavy atom. The van der Waals surface area contributed by atoms with Crippen LogP contribution in [-0.4, -0.2) is 61.0 Å². The number of alkyl halides is 5. The van der Waals surface area contributed by atoms with Crippen molar-refractivity contribution in [2.75, 3.05) is 20.1 Å². The van der Waals surface area contributed by atoms with E-state index in [9.17, 15) is 30.4 Å². The van der Waals surface area contributed by atoms with Crippen LogP contribution in [-0.2, 0) is 10.2 Å². The van der Waals surface area contributed by atoms with Gasteiger partial charge in [-0.1, -0.05) is 5.16 Å². The standard InChI is InChI=1S/C10H15F5N4O3S/c1-18(10(13,14)15)7(17-20)6-8(9(6,11)12)2-4-19(5-3-8)23(16,21)22/h6,20H,2-5H2,1H3,(H2,16,21,22)/b17-7-/t6-/m0/s1. The summed E-state index contributed by atoms with van der Waals surface area (Å²) >= 11 is 0. The minimum absolute atomic E-state index is 0.334. The van der Waals surface area contributed by atoms with E-state index in [0.29, 0.717) is 7.05 Å². The van der Waals surface area contributed by atoms with Crippen LogP contribution in [0.1, 0.15) is 12.8 Å². The van der Waals surface area contributed by atoms with Crippen molar-refractivity contribution in [3.63, 3.8) is 0 Å². The molecule has 1 aliphatic carbocycles. The van der Waals surface area contributed by atoms with Gasteiger partial charge in [-0.2, -0.15) is 25.9 Å². The molecular formula is C10H15F5N4O3S. The van der Waals surface area contributed by atoms with E-state index in [-0.39, 0.29) is 25.9 Å². The Morgan fingerprint density at radius 1 is 1.35 bits per heavy atom. The molecule has 7 nitrogen and oxygen atoms in total. The van der Waals surface area contributed by atoms with Crippen molar-refractivity contribution in [1.82, 2.24) is 9.21 Å². The summed E-state index contributed by atoms with van der Waals surface area (Å²) in [6, 6.07) is 0. The predicted molar refractivity (Wildman–Crippen MR) is 67.8 cm³/mol. The van der Waals surface area contributed by atoms with Crippen LogP contribution in [0.3, 0.4) is 0 Å². The van der Waals surface area contributed by atoms with Crippen molar-refractivity contribution < 1.29 is 35.6 Å². The molecule has 1 saturated carbocycles. The number of nitrogens with zero attached hydrogens (tertiary/aromatic N) is 3. The molecule has 0 amide bonds. The number of hydrogen-bond acceptors (Lipinski definition) is 4. The van der Waals surface area contributed by atoms with Crippen molar-refractivity contribution in [3.05, 3.63) is 0 Å². The smallest absolute Gasteiger partial charge is 0.409 e. The maximum absolute atomic E-state index is 14.2.